The summed E-state index contributed by atoms with van der Waals surface area (Å²) in [5.41, 5.74) is 1.03. The summed E-state index contributed by atoms with van der Waals surface area (Å²) in [5, 5.41) is 9.93. The Balaban J connectivity index is 1.52. The van der Waals surface area contributed by atoms with Crippen LogP contribution in [0.2, 0.25) is 0 Å². The van der Waals surface area contributed by atoms with Crippen LogP contribution in [0.5, 0.6) is 0 Å². The quantitative estimate of drug-likeness (QED) is 0.315. The number of nitrogens with zero attached hydrogens (tertiary/aromatic N) is 4. The molecule has 2 aliphatic rings. The van der Waals surface area contributed by atoms with Crippen LogP contribution in [-0.2, 0) is 14.4 Å². The first-order valence-corrected chi connectivity index (χ1v) is 16.8. The van der Waals surface area contributed by atoms with Crippen molar-refractivity contribution in [2.75, 3.05) is 38.5 Å². The molecule has 1 aliphatic carbocycles. The van der Waals surface area contributed by atoms with Crippen LogP contribution in [-0.4, -0.2) is 82.4 Å². The average Bonchev–Trinajstić information content (AvgIpc) is 3.54. The van der Waals surface area contributed by atoms with Gasteiger partial charge in [0.25, 0.3) is 0 Å². The third kappa shape index (κ3) is 8.60. The number of rotatable bonds is 12. The topological polar surface area (TPSA) is 117 Å². The lowest BCUT2D eigenvalue weighted by molar-refractivity contribution is -0.138. The van der Waals surface area contributed by atoms with Crippen LogP contribution in [0.3, 0.4) is 0 Å². The minimum absolute atomic E-state index is 0.00139. The van der Waals surface area contributed by atoms with E-state index >= 15 is 4.39 Å². The summed E-state index contributed by atoms with van der Waals surface area (Å²) in [5.74, 6) is -2.13. The van der Waals surface area contributed by atoms with E-state index in [4.69, 9.17) is 0 Å². The van der Waals surface area contributed by atoms with Crippen molar-refractivity contribution in [3.63, 3.8) is 0 Å². The number of anilines is 1. The van der Waals surface area contributed by atoms with Crippen molar-refractivity contribution in [1.29, 1.82) is 0 Å². The molecule has 1 aliphatic heterocycles. The Labute approximate surface area is 272 Å². The summed E-state index contributed by atoms with van der Waals surface area (Å²) in [4.78, 5) is 57.1. The number of hydrogen-bond donors (Lipinski definition) is 2. The Morgan fingerprint density at radius 3 is 2.28 bits per heavy atom. The SMILES string of the molecule is CCC(=O)N[C@@H](C(=O)N1CCN(C)CC1)[C@@H](C)c1ccc(NC(=O)[C@@H](CC(=O)c2ccnn2C(C)C)C2CCC(C)CC2)c(F)c1. The van der Waals surface area contributed by atoms with Crippen LogP contribution in [0.4, 0.5) is 10.1 Å². The molecule has 3 atom stereocenters. The van der Waals surface area contributed by atoms with Gasteiger partial charge in [-0.3, -0.25) is 23.9 Å². The standard InChI is InChI=1S/C35H51FN6O4/c1-7-32(44)39-33(35(46)41-18-16-40(6)17-19-41)24(5)26-12-13-29(28(36)20-26)38-34(45)27(25-10-8-23(4)9-11-25)21-31(43)30-14-15-37-42(30)22(2)3/h12-15,20,22-25,27,33H,7-11,16-19,21H2,1-6H3,(H,38,45)(H,39,44)/t23?,24-,25?,27-,33+/m0/s1. The molecular weight excluding hydrogens is 587 g/mol. The number of piperazine rings is 1. The number of benzene rings is 1. The van der Waals surface area contributed by atoms with E-state index in [1.54, 1.807) is 41.8 Å². The minimum Gasteiger partial charge on any atom is -0.344 e. The zero-order chi connectivity index (χ0) is 33.5. The van der Waals surface area contributed by atoms with Gasteiger partial charge in [0.15, 0.2) is 5.78 Å². The predicted octanol–water partition coefficient (Wildman–Crippen LogP) is 5.03. The van der Waals surface area contributed by atoms with E-state index in [1.165, 1.54) is 12.1 Å². The van der Waals surface area contributed by atoms with E-state index in [2.05, 4.69) is 27.6 Å². The zero-order valence-electron chi connectivity index (χ0n) is 28.2. The zero-order valence-corrected chi connectivity index (χ0v) is 28.2. The number of Topliss-reactive ketones (excluding diaryl/α,β-unsaturated/α-hetero) is 1. The maximum Gasteiger partial charge on any atom is 0.245 e. The lowest BCUT2D eigenvalue weighted by atomic mass is 9.74. The molecule has 1 saturated heterocycles. The molecule has 2 heterocycles. The highest BCUT2D eigenvalue weighted by atomic mass is 19.1. The second kappa shape index (κ2) is 15.8. The Kier molecular flexibility index (Phi) is 12.1. The first kappa shape index (κ1) is 35.3. The van der Waals surface area contributed by atoms with Crippen molar-refractivity contribution in [3.05, 3.63) is 47.5 Å². The number of carbonyl (C=O) groups excluding carboxylic acids is 4. The molecule has 252 valence electrons. The number of hydrogen-bond acceptors (Lipinski definition) is 6. The first-order valence-electron chi connectivity index (χ1n) is 16.8. The van der Waals surface area contributed by atoms with Crippen LogP contribution in [0.1, 0.15) is 101 Å². The highest BCUT2D eigenvalue weighted by Crippen LogP contribution is 2.36. The van der Waals surface area contributed by atoms with Crippen molar-refractivity contribution in [3.8, 4) is 0 Å². The fourth-order valence-electron chi connectivity index (χ4n) is 6.65. The molecular formula is C35H51FN6O4. The third-order valence-electron chi connectivity index (χ3n) is 9.81. The Bertz CT molecular complexity index is 1380. The molecule has 2 aromatic rings. The summed E-state index contributed by atoms with van der Waals surface area (Å²) < 4.78 is 17.3. The van der Waals surface area contributed by atoms with Gasteiger partial charge in [-0.2, -0.15) is 5.10 Å². The van der Waals surface area contributed by atoms with Crippen LogP contribution < -0.4 is 10.6 Å². The highest BCUT2D eigenvalue weighted by molar-refractivity contribution is 6.00. The monoisotopic (exact) mass is 638 g/mol. The van der Waals surface area contributed by atoms with E-state index in [9.17, 15) is 19.2 Å². The lowest BCUT2D eigenvalue weighted by Crippen LogP contribution is -2.55. The number of aromatic nitrogens is 2. The van der Waals surface area contributed by atoms with Crippen LogP contribution >= 0.6 is 0 Å². The summed E-state index contributed by atoms with van der Waals surface area (Å²) in [7, 11) is 2.00. The van der Waals surface area contributed by atoms with Gasteiger partial charge in [-0.1, -0.05) is 39.7 Å². The van der Waals surface area contributed by atoms with Gasteiger partial charge < -0.3 is 20.4 Å². The summed E-state index contributed by atoms with van der Waals surface area (Å²) in [6, 6.07) is 5.36. The number of carbonyl (C=O) groups is 4. The van der Waals surface area contributed by atoms with Crippen molar-refractivity contribution in [2.45, 2.75) is 91.1 Å². The van der Waals surface area contributed by atoms with E-state index < -0.39 is 23.7 Å². The normalized spacial score (nSPS) is 21.0. The molecule has 1 saturated carbocycles. The largest absolute Gasteiger partial charge is 0.344 e. The predicted molar refractivity (Wildman–Crippen MR) is 176 cm³/mol. The van der Waals surface area contributed by atoms with Gasteiger partial charge in [0.1, 0.15) is 17.6 Å². The van der Waals surface area contributed by atoms with E-state index in [-0.39, 0.29) is 54.0 Å². The number of amides is 3. The molecule has 4 rings (SSSR count). The number of likely N-dealkylation sites (N-methyl/N-ethyl adjacent to an activating group) is 1. The van der Waals surface area contributed by atoms with Crippen LogP contribution in [0, 0.1) is 23.6 Å². The van der Waals surface area contributed by atoms with Gasteiger partial charge in [-0.15, -0.1) is 0 Å². The second-order valence-corrected chi connectivity index (χ2v) is 13.6. The molecule has 1 aromatic carbocycles. The third-order valence-corrected chi connectivity index (χ3v) is 9.81. The van der Waals surface area contributed by atoms with Crippen molar-refractivity contribution in [2.24, 2.45) is 17.8 Å². The minimum atomic E-state index is -0.848. The molecule has 0 bridgehead atoms. The molecule has 3 amide bonds. The average molecular weight is 639 g/mol. The molecule has 11 heteroatoms. The molecule has 10 nitrogen and oxygen atoms in total. The summed E-state index contributed by atoms with van der Waals surface area (Å²) in [6.07, 6.45) is 5.48. The van der Waals surface area contributed by atoms with E-state index in [0.717, 1.165) is 38.8 Å². The maximum absolute atomic E-state index is 15.7. The van der Waals surface area contributed by atoms with E-state index in [1.807, 2.05) is 20.9 Å². The molecule has 2 N–H and O–H groups in total. The van der Waals surface area contributed by atoms with Gasteiger partial charge >= 0.3 is 0 Å². The maximum atomic E-state index is 15.7. The highest BCUT2D eigenvalue weighted by Gasteiger charge is 2.35. The van der Waals surface area contributed by atoms with Crippen molar-refractivity contribution >= 4 is 29.2 Å². The van der Waals surface area contributed by atoms with Gasteiger partial charge in [-0.05, 0) is 69.3 Å². The molecule has 46 heavy (non-hydrogen) atoms. The number of halogens is 1. The Morgan fingerprint density at radius 2 is 1.67 bits per heavy atom. The molecule has 0 unspecified atom stereocenters. The van der Waals surface area contributed by atoms with Gasteiger partial charge in [-0.25, -0.2) is 4.39 Å². The number of nitrogens with one attached hydrogen (secondary N) is 2. The van der Waals surface area contributed by atoms with Crippen molar-refractivity contribution < 1.29 is 23.6 Å². The molecule has 0 spiro atoms. The van der Waals surface area contributed by atoms with Crippen LogP contribution in [0.15, 0.2) is 30.5 Å². The Morgan fingerprint density at radius 1 is 1.00 bits per heavy atom. The fraction of sp³-hybridized carbons (Fsp3) is 0.629. The summed E-state index contributed by atoms with van der Waals surface area (Å²) >= 11 is 0. The van der Waals surface area contributed by atoms with Gasteiger partial charge in [0.2, 0.25) is 17.7 Å². The van der Waals surface area contributed by atoms with Crippen molar-refractivity contribution in [1.82, 2.24) is 24.9 Å². The van der Waals surface area contributed by atoms with E-state index in [0.29, 0.717) is 30.3 Å². The lowest BCUT2D eigenvalue weighted by Gasteiger charge is -2.36. The van der Waals surface area contributed by atoms with Gasteiger partial charge in [0.05, 0.1) is 5.69 Å². The second-order valence-electron chi connectivity index (χ2n) is 13.6. The smallest absolute Gasteiger partial charge is 0.245 e. The Hall–Kier alpha value is -3.60. The molecule has 1 aromatic heterocycles. The fourth-order valence-corrected chi connectivity index (χ4v) is 6.65. The first-order chi connectivity index (χ1) is 21.9. The molecule has 0 radical (unpaired) electrons. The number of ketones is 1. The molecule has 2 fully saturated rings. The van der Waals surface area contributed by atoms with Gasteiger partial charge in [0, 0.05) is 63.1 Å². The summed E-state index contributed by atoms with van der Waals surface area (Å²) in [6.45, 7) is 12.2. The van der Waals surface area contributed by atoms with Crippen LogP contribution in [0.25, 0.3) is 0 Å².